The molecule has 2 aromatic rings. The second-order valence-electron chi connectivity index (χ2n) is 6.74. The van der Waals surface area contributed by atoms with Gasteiger partial charge in [-0.3, -0.25) is 4.90 Å². The Morgan fingerprint density at radius 1 is 1.33 bits per heavy atom. The van der Waals surface area contributed by atoms with Gasteiger partial charge in [-0.15, -0.1) is 11.3 Å². The summed E-state index contributed by atoms with van der Waals surface area (Å²) in [4.78, 5) is 18.6. The van der Waals surface area contributed by atoms with E-state index in [2.05, 4.69) is 35.9 Å². The third-order valence-electron chi connectivity index (χ3n) is 4.91. The highest BCUT2D eigenvalue weighted by atomic mass is 32.1. The van der Waals surface area contributed by atoms with Crippen LogP contribution in [0.2, 0.25) is 0 Å². The number of rotatable bonds is 4. The molecule has 0 aliphatic carbocycles. The van der Waals surface area contributed by atoms with E-state index < -0.39 is 5.97 Å². The van der Waals surface area contributed by atoms with Crippen molar-refractivity contribution in [2.75, 3.05) is 0 Å². The van der Waals surface area contributed by atoms with Crippen molar-refractivity contribution in [3.05, 3.63) is 40.4 Å². The Labute approximate surface area is 147 Å². The first-order chi connectivity index (χ1) is 11.5. The van der Waals surface area contributed by atoms with Gasteiger partial charge in [0, 0.05) is 24.2 Å². The lowest BCUT2D eigenvalue weighted by Crippen LogP contribution is -2.42. The van der Waals surface area contributed by atoms with Crippen LogP contribution in [0.5, 0.6) is 0 Å². The Bertz CT molecular complexity index is 731. The molecular formula is C19H24N2O2S. The highest BCUT2D eigenvalue weighted by Gasteiger charge is 2.24. The quantitative estimate of drug-likeness (QED) is 0.882. The van der Waals surface area contributed by atoms with E-state index in [4.69, 9.17) is 0 Å². The zero-order chi connectivity index (χ0) is 17.3. The maximum Gasteiger partial charge on any atom is 0.347 e. The Kier molecular flexibility index (Phi) is 5.01. The number of aromatic carboxylic acids is 1. The van der Waals surface area contributed by atoms with E-state index in [1.807, 2.05) is 12.1 Å². The molecule has 0 spiro atoms. The van der Waals surface area contributed by atoms with E-state index >= 15 is 0 Å². The second-order valence-corrected chi connectivity index (χ2v) is 7.74. The number of carboxylic acid groups (broad SMARTS) is 1. The standard InChI is InChI=1S/C19H24N2O2S/c1-12-6-4-7-13(2)21(12)11-15-8-5-9-16(10-15)18-20-14(3)17(24-18)19(22)23/h5,8-10,12-13H,4,6-7,11H2,1-3H3,(H,22,23). The first-order valence-corrected chi connectivity index (χ1v) is 9.33. The number of piperidine rings is 1. The summed E-state index contributed by atoms with van der Waals surface area (Å²) in [5.74, 6) is -0.900. The van der Waals surface area contributed by atoms with Crippen LogP contribution in [-0.4, -0.2) is 33.0 Å². The van der Waals surface area contributed by atoms with E-state index in [0.717, 1.165) is 17.1 Å². The third kappa shape index (κ3) is 3.52. The van der Waals surface area contributed by atoms with Crippen LogP contribution in [0.25, 0.3) is 10.6 Å². The number of thiazole rings is 1. The fourth-order valence-electron chi connectivity index (χ4n) is 3.52. The summed E-state index contributed by atoms with van der Waals surface area (Å²) in [6.45, 7) is 7.31. The van der Waals surface area contributed by atoms with E-state index in [-0.39, 0.29) is 0 Å². The number of aromatic nitrogens is 1. The minimum Gasteiger partial charge on any atom is -0.477 e. The molecule has 1 aliphatic heterocycles. The summed E-state index contributed by atoms with van der Waals surface area (Å²) < 4.78 is 0. The van der Waals surface area contributed by atoms with Crippen LogP contribution in [0.15, 0.2) is 24.3 Å². The summed E-state index contributed by atoms with van der Waals surface area (Å²) >= 11 is 1.25. The lowest BCUT2D eigenvalue weighted by atomic mass is 9.96. The first-order valence-electron chi connectivity index (χ1n) is 8.51. The monoisotopic (exact) mass is 344 g/mol. The maximum atomic E-state index is 11.2. The smallest absolute Gasteiger partial charge is 0.347 e. The number of hydrogen-bond donors (Lipinski definition) is 1. The van der Waals surface area contributed by atoms with Gasteiger partial charge in [-0.2, -0.15) is 0 Å². The zero-order valence-corrected chi connectivity index (χ0v) is 15.3. The van der Waals surface area contributed by atoms with Crippen LogP contribution in [-0.2, 0) is 6.54 Å². The fraction of sp³-hybridized carbons (Fsp3) is 0.474. The Morgan fingerprint density at radius 3 is 2.67 bits per heavy atom. The molecule has 2 atom stereocenters. The molecule has 5 heteroatoms. The van der Waals surface area contributed by atoms with Gasteiger partial charge in [0.1, 0.15) is 9.88 Å². The van der Waals surface area contributed by atoms with Crippen LogP contribution < -0.4 is 0 Å². The van der Waals surface area contributed by atoms with Crippen LogP contribution in [0.3, 0.4) is 0 Å². The van der Waals surface area contributed by atoms with Crippen LogP contribution in [0.4, 0.5) is 0 Å². The molecule has 0 bridgehead atoms. The largest absolute Gasteiger partial charge is 0.477 e. The highest BCUT2D eigenvalue weighted by Crippen LogP contribution is 2.30. The molecule has 1 N–H and O–H groups in total. The van der Waals surface area contributed by atoms with Gasteiger partial charge >= 0.3 is 5.97 Å². The predicted octanol–water partition coefficient (Wildman–Crippen LogP) is 4.58. The molecule has 0 radical (unpaired) electrons. The average Bonchev–Trinajstić information content (AvgIpc) is 2.94. The molecule has 1 saturated heterocycles. The van der Waals surface area contributed by atoms with Crippen molar-refractivity contribution in [2.45, 2.75) is 58.7 Å². The first kappa shape index (κ1) is 17.1. The molecule has 128 valence electrons. The van der Waals surface area contributed by atoms with Crippen molar-refractivity contribution in [1.29, 1.82) is 0 Å². The molecule has 1 aromatic carbocycles. The van der Waals surface area contributed by atoms with Gasteiger partial charge in [0.25, 0.3) is 0 Å². The Morgan fingerprint density at radius 2 is 2.04 bits per heavy atom. The van der Waals surface area contributed by atoms with Gasteiger partial charge in [0.15, 0.2) is 0 Å². The molecule has 3 rings (SSSR count). The van der Waals surface area contributed by atoms with E-state index in [1.165, 1.54) is 36.2 Å². The topological polar surface area (TPSA) is 53.4 Å². The highest BCUT2D eigenvalue weighted by molar-refractivity contribution is 7.17. The minimum atomic E-state index is -0.900. The number of nitrogens with zero attached hydrogens (tertiary/aromatic N) is 2. The molecule has 1 aliphatic rings. The van der Waals surface area contributed by atoms with Gasteiger partial charge in [-0.05, 0) is 45.2 Å². The molecule has 0 saturated carbocycles. The number of carbonyl (C=O) groups is 1. The number of aryl methyl sites for hydroxylation is 1. The molecule has 2 unspecified atom stereocenters. The van der Waals surface area contributed by atoms with Crippen molar-refractivity contribution in [1.82, 2.24) is 9.88 Å². The average molecular weight is 344 g/mol. The molecular weight excluding hydrogens is 320 g/mol. The summed E-state index contributed by atoms with van der Waals surface area (Å²) in [5, 5.41) is 10.0. The molecule has 4 nitrogen and oxygen atoms in total. The van der Waals surface area contributed by atoms with Gasteiger partial charge in [0.05, 0.1) is 5.69 Å². The zero-order valence-electron chi connectivity index (χ0n) is 14.5. The van der Waals surface area contributed by atoms with Crippen LogP contribution in [0, 0.1) is 6.92 Å². The molecule has 2 heterocycles. The second kappa shape index (κ2) is 7.03. The van der Waals surface area contributed by atoms with Gasteiger partial charge < -0.3 is 5.11 Å². The van der Waals surface area contributed by atoms with Crippen molar-refractivity contribution in [3.8, 4) is 10.6 Å². The lowest BCUT2D eigenvalue weighted by Gasteiger charge is -2.39. The number of benzene rings is 1. The predicted molar refractivity (Wildman–Crippen MR) is 97.6 cm³/mol. The lowest BCUT2D eigenvalue weighted by molar-refractivity contribution is 0.0701. The number of likely N-dealkylation sites (tertiary alicyclic amines) is 1. The van der Waals surface area contributed by atoms with Crippen molar-refractivity contribution in [3.63, 3.8) is 0 Å². The van der Waals surface area contributed by atoms with Gasteiger partial charge in [-0.25, -0.2) is 9.78 Å². The summed E-state index contributed by atoms with van der Waals surface area (Å²) in [6.07, 6.45) is 3.84. The summed E-state index contributed by atoms with van der Waals surface area (Å²) in [7, 11) is 0. The molecule has 1 aromatic heterocycles. The van der Waals surface area contributed by atoms with Crippen LogP contribution >= 0.6 is 11.3 Å². The van der Waals surface area contributed by atoms with Crippen molar-refractivity contribution >= 4 is 17.3 Å². The maximum absolute atomic E-state index is 11.2. The van der Waals surface area contributed by atoms with E-state index in [0.29, 0.717) is 22.7 Å². The van der Waals surface area contributed by atoms with Crippen molar-refractivity contribution in [2.24, 2.45) is 0 Å². The minimum absolute atomic E-state index is 0.327. The summed E-state index contributed by atoms with van der Waals surface area (Å²) in [6, 6.07) is 9.57. The van der Waals surface area contributed by atoms with E-state index in [9.17, 15) is 9.90 Å². The fourth-order valence-corrected chi connectivity index (χ4v) is 4.42. The number of carboxylic acids is 1. The SMILES string of the molecule is Cc1nc(-c2cccc(CN3C(C)CCCC3C)c2)sc1C(=O)O. The van der Waals surface area contributed by atoms with Gasteiger partial charge in [0.2, 0.25) is 0 Å². The third-order valence-corrected chi connectivity index (χ3v) is 6.10. The van der Waals surface area contributed by atoms with Crippen LogP contribution in [0.1, 0.15) is 54.0 Å². The Hall–Kier alpha value is -1.72. The summed E-state index contributed by atoms with van der Waals surface area (Å²) in [5.41, 5.74) is 2.86. The Balaban J connectivity index is 1.84. The molecule has 1 fully saturated rings. The number of hydrogen-bond acceptors (Lipinski definition) is 4. The van der Waals surface area contributed by atoms with Gasteiger partial charge in [-0.1, -0.05) is 24.6 Å². The van der Waals surface area contributed by atoms with E-state index in [1.54, 1.807) is 6.92 Å². The van der Waals surface area contributed by atoms with Crippen molar-refractivity contribution < 1.29 is 9.90 Å². The molecule has 24 heavy (non-hydrogen) atoms. The molecule has 0 amide bonds. The normalized spacial score (nSPS) is 21.8.